The zero-order valence-electron chi connectivity index (χ0n) is 12.2. The van der Waals surface area contributed by atoms with Crippen LogP contribution < -0.4 is 5.32 Å². The van der Waals surface area contributed by atoms with E-state index in [1.807, 2.05) is 24.3 Å². The molecule has 0 radical (unpaired) electrons. The Bertz CT molecular complexity index is 637. The van der Waals surface area contributed by atoms with Crippen LogP contribution in [0, 0.1) is 11.3 Å². The molecule has 0 heterocycles. The number of hydrogen-bond donors (Lipinski definition) is 1. The number of nitrogens with zero attached hydrogens (tertiary/aromatic N) is 1. The maximum absolute atomic E-state index is 8.80. The summed E-state index contributed by atoms with van der Waals surface area (Å²) < 4.78 is 0. The van der Waals surface area contributed by atoms with Crippen molar-refractivity contribution in [2.45, 2.75) is 31.7 Å². The Morgan fingerprint density at radius 2 is 1.90 bits per heavy atom. The van der Waals surface area contributed by atoms with E-state index in [2.05, 4.69) is 35.7 Å². The van der Waals surface area contributed by atoms with Crippen LogP contribution in [0.4, 0.5) is 0 Å². The van der Waals surface area contributed by atoms with E-state index in [0.717, 1.165) is 18.7 Å². The van der Waals surface area contributed by atoms with Crippen LogP contribution in [0.1, 0.15) is 41.0 Å². The number of hydrogen-bond acceptors (Lipinski definition) is 2. The molecular formula is C19H20N2. The lowest BCUT2D eigenvalue weighted by Gasteiger charge is -2.25. The normalized spacial score (nSPS) is 17.0. The highest BCUT2D eigenvalue weighted by atomic mass is 14.9. The number of benzene rings is 2. The standard InChI is InChI=1S/C19H20N2/c20-12-15-8-10-16(11-9-15)13-21-14-18-6-3-5-17-4-1-2-7-19(17)18/h1-2,4,7-11,18,21H,3,5-6,13-14H2. The second-order valence-electron chi connectivity index (χ2n) is 5.73. The van der Waals surface area contributed by atoms with Gasteiger partial charge in [-0.2, -0.15) is 5.26 Å². The smallest absolute Gasteiger partial charge is 0.0991 e. The van der Waals surface area contributed by atoms with Gasteiger partial charge in [0.15, 0.2) is 0 Å². The quantitative estimate of drug-likeness (QED) is 0.922. The van der Waals surface area contributed by atoms with Crippen LogP contribution in [-0.2, 0) is 13.0 Å². The monoisotopic (exact) mass is 276 g/mol. The average molecular weight is 276 g/mol. The minimum absolute atomic E-state index is 0.633. The highest BCUT2D eigenvalue weighted by Gasteiger charge is 2.18. The van der Waals surface area contributed by atoms with Crippen molar-refractivity contribution in [1.82, 2.24) is 5.32 Å². The molecule has 0 spiro atoms. The number of nitrogens with one attached hydrogen (secondary N) is 1. The molecule has 2 heteroatoms. The average Bonchev–Trinajstić information content (AvgIpc) is 2.56. The largest absolute Gasteiger partial charge is 0.312 e. The van der Waals surface area contributed by atoms with Gasteiger partial charge in [-0.3, -0.25) is 0 Å². The molecule has 2 aromatic rings. The van der Waals surface area contributed by atoms with Gasteiger partial charge >= 0.3 is 0 Å². The molecule has 2 nitrogen and oxygen atoms in total. The van der Waals surface area contributed by atoms with Crippen LogP contribution in [-0.4, -0.2) is 6.54 Å². The van der Waals surface area contributed by atoms with Crippen LogP contribution in [0.25, 0.3) is 0 Å². The van der Waals surface area contributed by atoms with Crippen LogP contribution >= 0.6 is 0 Å². The Balaban J connectivity index is 1.57. The predicted octanol–water partition coefficient (Wildman–Crippen LogP) is 3.77. The van der Waals surface area contributed by atoms with Crippen molar-refractivity contribution in [3.05, 3.63) is 70.8 Å². The molecule has 106 valence electrons. The minimum atomic E-state index is 0.633. The maximum Gasteiger partial charge on any atom is 0.0991 e. The first kappa shape index (κ1) is 13.9. The van der Waals surface area contributed by atoms with Gasteiger partial charge in [0.25, 0.3) is 0 Å². The zero-order valence-corrected chi connectivity index (χ0v) is 12.2. The predicted molar refractivity (Wildman–Crippen MR) is 85.0 cm³/mol. The molecule has 1 atom stereocenters. The molecule has 2 aromatic carbocycles. The summed E-state index contributed by atoms with van der Waals surface area (Å²) in [5, 5.41) is 12.4. The van der Waals surface area contributed by atoms with Gasteiger partial charge in [-0.15, -0.1) is 0 Å². The van der Waals surface area contributed by atoms with Gasteiger partial charge in [-0.25, -0.2) is 0 Å². The molecule has 1 aliphatic carbocycles. The lowest BCUT2D eigenvalue weighted by atomic mass is 9.83. The van der Waals surface area contributed by atoms with Crippen LogP contribution in [0.5, 0.6) is 0 Å². The van der Waals surface area contributed by atoms with E-state index in [1.165, 1.54) is 36.0 Å². The summed E-state index contributed by atoms with van der Waals surface area (Å²) in [4.78, 5) is 0. The Labute approximate surface area is 126 Å². The SMILES string of the molecule is N#Cc1ccc(CNCC2CCCc3ccccc32)cc1. The second kappa shape index (κ2) is 6.56. The third kappa shape index (κ3) is 3.32. The molecule has 0 fully saturated rings. The van der Waals surface area contributed by atoms with Gasteiger partial charge in [0.05, 0.1) is 11.6 Å². The first-order valence-electron chi connectivity index (χ1n) is 7.64. The van der Waals surface area contributed by atoms with Gasteiger partial charge in [0.2, 0.25) is 0 Å². The van der Waals surface area contributed by atoms with Gasteiger partial charge in [-0.1, -0.05) is 36.4 Å². The third-order valence-electron chi connectivity index (χ3n) is 4.30. The summed E-state index contributed by atoms with van der Waals surface area (Å²) in [5.74, 6) is 0.633. The Hall–Kier alpha value is -2.11. The number of rotatable bonds is 4. The summed E-state index contributed by atoms with van der Waals surface area (Å²) in [7, 11) is 0. The third-order valence-corrected chi connectivity index (χ3v) is 4.30. The van der Waals surface area contributed by atoms with E-state index in [-0.39, 0.29) is 0 Å². The van der Waals surface area contributed by atoms with Crippen molar-refractivity contribution in [3.63, 3.8) is 0 Å². The Morgan fingerprint density at radius 1 is 1.10 bits per heavy atom. The molecule has 0 bridgehead atoms. The fraction of sp³-hybridized carbons (Fsp3) is 0.316. The molecule has 0 amide bonds. The minimum Gasteiger partial charge on any atom is -0.312 e. The van der Waals surface area contributed by atoms with Crippen molar-refractivity contribution in [3.8, 4) is 6.07 Å². The Morgan fingerprint density at radius 3 is 2.71 bits per heavy atom. The lowest BCUT2D eigenvalue weighted by Crippen LogP contribution is -2.24. The van der Waals surface area contributed by atoms with Crippen LogP contribution in [0.15, 0.2) is 48.5 Å². The molecule has 1 unspecified atom stereocenters. The van der Waals surface area contributed by atoms with Crippen molar-refractivity contribution in [2.24, 2.45) is 0 Å². The summed E-state index contributed by atoms with van der Waals surface area (Å²) in [6, 6.07) is 18.8. The van der Waals surface area contributed by atoms with Gasteiger partial charge in [-0.05, 0) is 54.0 Å². The summed E-state index contributed by atoms with van der Waals surface area (Å²) in [6.07, 6.45) is 3.79. The zero-order chi connectivity index (χ0) is 14.5. The number of fused-ring (bicyclic) bond motifs is 1. The molecule has 3 rings (SSSR count). The first-order valence-corrected chi connectivity index (χ1v) is 7.64. The van der Waals surface area contributed by atoms with E-state index < -0.39 is 0 Å². The molecule has 21 heavy (non-hydrogen) atoms. The fourth-order valence-corrected chi connectivity index (χ4v) is 3.15. The molecular weight excluding hydrogens is 256 g/mol. The lowest BCUT2D eigenvalue weighted by molar-refractivity contribution is 0.507. The topological polar surface area (TPSA) is 35.8 Å². The van der Waals surface area contributed by atoms with Crippen molar-refractivity contribution >= 4 is 0 Å². The van der Waals surface area contributed by atoms with Gasteiger partial charge < -0.3 is 5.32 Å². The number of aryl methyl sites for hydroxylation is 1. The van der Waals surface area contributed by atoms with Crippen molar-refractivity contribution in [2.75, 3.05) is 6.54 Å². The molecule has 0 aromatic heterocycles. The number of nitriles is 1. The highest BCUT2D eigenvalue weighted by Crippen LogP contribution is 2.30. The maximum atomic E-state index is 8.80. The Kier molecular flexibility index (Phi) is 4.33. The summed E-state index contributed by atoms with van der Waals surface area (Å²) in [6.45, 7) is 1.89. The van der Waals surface area contributed by atoms with Crippen molar-refractivity contribution < 1.29 is 0 Å². The fourth-order valence-electron chi connectivity index (χ4n) is 3.15. The summed E-state index contributed by atoms with van der Waals surface area (Å²) in [5.41, 5.74) is 5.00. The second-order valence-corrected chi connectivity index (χ2v) is 5.73. The molecule has 1 aliphatic rings. The van der Waals surface area contributed by atoms with E-state index in [1.54, 1.807) is 0 Å². The van der Waals surface area contributed by atoms with Crippen LogP contribution in [0.2, 0.25) is 0 Å². The summed E-state index contributed by atoms with van der Waals surface area (Å²) >= 11 is 0. The molecule has 1 N–H and O–H groups in total. The van der Waals surface area contributed by atoms with Crippen LogP contribution in [0.3, 0.4) is 0 Å². The van der Waals surface area contributed by atoms with E-state index >= 15 is 0 Å². The van der Waals surface area contributed by atoms with Gasteiger partial charge in [0, 0.05) is 13.1 Å². The highest BCUT2D eigenvalue weighted by molar-refractivity contribution is 5.33. The molecule has 0 aliphatic heterocycles. The van der Waals surface area contributed by atoms with E-state index in [4.69, 9.17) is 5.26 Å². The van der Waals surface area contributed by atoms with Gasteiger partial charge in [0.1, 0.15) is 0 Å². The molecule has 0 saturated heterocycles. The van der Waals surface area contributed by atoms with E-state index in [0.29, 0.717) is 5.92 Å². The van der Waals surface area contributed by atoms with E-state index in [9.17, 15) is 0 Å². The van der Waals surface area contributed by atoms with Crippen molar-refractivity contribution in [1.29, 1.82) is 5.26 Å². The molecule has 0 saturated carbocycles. The first-order chi connectivity index (χ1) is 10.4.